The lowest BCUT2D eigenvalue weighted by atomic mass is 10.0. The maximum atomic E-state index is 11.4. The molecule has 0 saturated heterocycles. The minimum atomic E-state index is -0.439. The number of hydrogen-bond acceptors (Lipinski definition) is 3. The van der Waals surface area contributed by atoms with Crippen LogP contribution in [-0.2, 0) is 9.53 Å². The first-order valence-electron chi connectivity index (χ1n) is 4.92. The molecule has 1 unspecified atom stereocenters. The zero-order valence-electron chi connectivity index (χ0n) is 9.59. The van der Waals surface area contributed by atoms with Crippen molar-refractivity contribution in [2.75, 3.05) is 13.7 Å². The lowest BCUT2D eigenvalue weighted by Gasteiger charge is -2.20. The van der Waals surface area contributed by atoms with Gasteiger partial charge < -0.3 is 15.8 Å². The molecule has 0 aromatic carbocycles. The van der Waals surface area contributed by atoms with Crippen LogP contribution < -0.4 is 11.1 Å². The van der Waals surface area contributed by atoms with Crippen molar-refractivity contribution in [3.05, 3.63) is 0 Å². The molecule has 0 radical (unpaired) electrons. The fourth-order valence-corrected chi connectivity index (χ4v) is 1.11. The van der Waals surface area contributed by atoms with Crippen molar-refractivity contribution in [1.29, 1.82) is 0 Å². The van der Waals surface area contributed by atoms with Crippen LogP contribution in [0, 0.1) is 0 Å². The van der Waals surface area contributed by atoms with Crippen molar-refractivity contribution in [3.8, 4) is 0 Å². The third-order valence-electron chi connectivity index (χ3n) is 1.78. The maximum Gasteiger partial charge on any atom is 0.222 e. The first-order valence-corrected chi connectivity index (χ1v) is 4.92. The molecule has 1 amide bonds. The van der Waals surface area contributed by atoms with Gasteiger partial charge in [-0.1, -0.05) is 0 Å². The van der Waals surface area contributed by atoms with Crippen molar-refractivity contribution in [2.24, 2.45) is 5.73 Å². The van der Waals surface area contributed by atoms with Crippen molar-refractivity contribution in [2.45, 2.75) is 45.2 Å². The van der Waals surface area contributed by atoms with E-state index in [4.69, 9.17) is 10.5 Å². The molecule has 0 aliphatic heterocycles. The summed E-state index contributed by atoms with van der Waals surface area (Å²) in [6.45, 7) is 6.30. The van der Waals surface area contributed by atoms with Gasteiger partial charge >= 0.3 is 0 Å². The molecule has 4 heteroatoms. The predicted molar refractivity (Wildman–Crippen MR) is 57.0 cm³/mol. The molecule has 14 heavy (non-hydrogen) atoms. The van der Waals surface area contributed by atoms with E-state index in [1.165, 1.54) is 0 Å². The summed E-state index contributed by atoms with van der Waals surface area (Å²) >= 11 is 0. The summed E-state index contributed by atoms with van der Waals surface area (Å²) in [5.41, 5.74) is 5.29. The SMILES string of the molecule is COCCC(C)NC(=O)CC(C)(C)N. The predicted octanol–water partition coefficient (Wildman–Crippen LogP) is 0.655. The van der Waals surface area contributed by atoms with E-state index in [0.717, 1.165) is 6.42 Å². The van der Waals surface area contributed by atoms with Crippen LogP contribution in [0.3, 0.4) is 0 Å². The van der Waals surface area contributed by atoms with Crippen LogP contribution in [-0.4, -0.2) is 31.2 Å². The molecule has 0 aromatic rings. The third-order valence-corrected chi connectivity index (χ3v) is 1.78. The molecule has 84 valence electrons. The number of carbonyl (C=O) groups excluding carboxylic acids is 1. The van der Waals surface area contributed by atoms with Gasteiger partial charge in [-0.15, -0.1) is 0 Å². The summed E-state index contributed by atoms with van der Waals surface area (Å²) in [5, 5.41) is 2.87. The summed E-state index contributed by atoms with van der Waals surface area (Å²) in [5.74, 6) is 0.00102. The standard InChI is InChI=1S/C10H22N2O2/c1-8(5-6-14-4)12-9(13)7-10(2,3)11/h8H,5-7,11H2,1-4H3,(H,12,13). The Balaban J connectivity index is 3.71. The topological polar surface area (TPSA) is 64.3 Å². The summed E-state index contributed by atoms with van der Waals surface area (Å²) in [4.78, 5) is 11.4. The van der Waals surface area contributed by atoms with Gasteiger partial charge in [-0.3, -0.25) is 4.79 Å². The Morgan fingerprint density at radius 1 is 1.57 bits per heavy atom. The maximum absolute atomic E-state index is 11.4. The average molecular weight is 202 g/mol. The van der Waals surface area contributed by atoms with Crippen LogP contribution >= 0.6 is 0 Å². The zero-order valence-corrected chi connectivity index (χ0v) is 9.59. The van der Waals surface area contributed by atoms with Gasteiger partial charge in [-0.05, 0) is 27.2 Å². The molecule has 0 aliphatic carbocycles. The summed E-state index contributed by atoms with van der Waals surface area (Å²) < 4.78 is 4.92. The van der Waals surface area contributed by atoms with Gasteiger partial charge in [0.1, 0.15) is 0 Å². The monoisotopic (exact) mass is 202 g/mol. The summed E-state index contributed by atoms with van der Waals surface area (Å²) in [7, 11) is 1.65. The number of rotatable bonds is 6. The Hall–Kier alpha value is -0.610. The molecule has 4 nitrogen and oxygen atoms in total. The summed E-state index contributed by atoms with van der Waals surface area (Å²) in [6.07, 6.45) is 1.18. The normalized spacial score (nSPS) is 13.8. The molecule has 0 spiro atoms. The van der Waals surface area contributed by atoms with Crippen molar-refractivity contribution in [1.82, 2.24) is 5.32 Å². The van der Waals surface area contributed by atoms with Crippen LogP contribution in [0.1, 0.15) is 33.6 Å². The second-order valence-corrected chi connectivity index (χ2v) is 4.42. The Morgan fingerprint density at radius 2 is 2.14 bits per heavy atom. The zero-order chi connectivity index (χ0) is 11.2. The number of nitrogens with two attached hydrogens (primary N) is 1. The van der Waals surface area contributed by atoms with Crippen molar-refractivity contribution in [3.63, 3.8) is 0 Å². The number of amides is 1. The van der Waals surface area contributed by atoms with E-state index in [-0.39, 0.29) is 11.9 Å². The summed E-state index contributed by atoms with van der Waals surface area (Å²) in [6, 6.07) is 0.143. The molecule has 0 heterocycles. The van der Waals surface area contributed by atoms with Gasteiger partial charge in [0.2, 0.25) is 5.91 Å². The number of carbonyl (C=O) groups is 1. The Kier molecular flexibility index (Phi) is 5.72. The highest BCUT2D eigenvalue weighted by Gasteiger charge is 2.17. The van der Waals surface area contributed by atoms with Gasteiger partial charge in [0.25, 0.3) is 0 Å². The van der Waals surface area contributed by atoms with E-state index in [2.05, 4.69) is 5.32 Å². The van der Waals surface area contributed by atoms with Gasteiger partial charge in [0.05, 0.1) is 0 Å². The molecule has 0 fully saturated rings. The van der Waals surface area contributed by atoms with E-state index >= 15 is 0 Å². The highest BCUT2D eigenvalue weighted by Crippen LogP contribution is 2.03. The lowest BCUT2D eigenvalue weighted by Crippen LogP contribution is -2.42. The van der Waals surface area contributed by atoms with Crippen LogP contribution in [0.4, 0.5) is 0 Å². The van der Waals surface area contributed by atoms with E-state index < -0.39 is 5.54 Å². The Bertz CT molecular complexity index is 175. The van der Waals surface area contributed by atoms with Crippen LogP contribution in [0.5, 0.6) is 0 Å². The molecule has 0 rings (SSSR count). The molecule has 0 bridgehead atoms. The average Bonchev–Trinajstić information content (AvgIpc) is 1.96. The largest absolute Gasteiger partial charge is 0.385 e. The minimum Gasteiger partial charge on any atom is -0.385 e. The number of methoxy groups -OCH3 is 1. The number of hydrogen-bond donors (Lipinski definition) is 2. The molecule has 3 N–H and O–H groups in total. The molecule has 0 aliphatic rings. The molecule has 0 saturated carbocycles. The van der Waals surface area contributed by atoms with Crippen molar-refractivity contribution >= 4 is 5.91 Å². The Morgan fingerprint density at radius 3 is 2.57 bits per heavy atom. The van der Waals surface area contributed by atoms with Crippen LogP contribution in [0.15, 0.2) is 0 Å². The van der Waals surface area contributed by atoms with Crippen LogP contribution in [0.25, 0.3) is 0 Å². The van der Waals surface area contributed by atoms with E-state index in [0.29, 0.717) is 13.0 Å². The van der Waals surface area contributed by atoms with Gasteiger partial charge in [-0.25, -0.2) is 0 Å². The molecule has 1 atom stereocenters. The van der Waals surface area contributed by atoms with Gasteiger partial charge in [0, 0.05) is 31.7 Å². The fourth-order valence-electron chi connectivity index (χ4n) is 1.11. The van der Waals surface area contributed by atoms with Gasteiger partial charge in [0.15, 0.2) is 0 Å². The molecular weight excluding hydrogens is 180 g/mol. The first kappa shape index (κ1) is 13.4. The van der Waals surface area contributed by atoms with E-state index in [1.54, 1.807) is 7.11 Å². The van der Waals surface area contributed by atoms with Crippen LogP contribution in [0.2, 0.25) is 0 Å². The second kappa shape index (κ2) is 5.98. The quantitative estimate of drug-likeness (QED) is 0.665. The highest BCUT2D eigenvalue weighted by molar-refractivity contribution is 5.77. The third kappa shape index (κ3) is 8.01. The first-order chi connectivity index (χ1) is 6.35. The van der Waals surface area contributed by atoms with E-state index in [9.17, 15) is 4.79 Å². The fraction of sp³-hybridized carbons (Fsp3) is 0.900. The lowest BCUT2D eigenvalue weighted by molar-refractivity contribution is -0.122. The van der Waals surface area contributed by atoms with E-state index in [1.807, 2.05) is 20.8 Å². The number of ether oxygens (including phenoxy) is 1. The highest BCUT2D eigenvalue weighted by atomic mass is 16.5. The minimum absolute atomic E-state index is 0.00102. The molecular formula is C10H22N2O2. The van der Waals surface area contributed by atoms with Gasteiger partial charge in [-0.2, -0.15) is 0 Å². The molecule has 0 aromatic heterocycles. The Labute approximate surface area is 86.2 Å². The second-order valence-electron chi connectivity index (χ2n) is 4.42. The van der Waals surface area contributed by atoms with Crippen molar-refractivity contribution < 1.29 is 9.53 Å². The smallest absolute Gasteiger partial charge is 0.222 e. The number of nitrogens with one attached hydrogen (secondary N) is 1.